The van der Waals surface area contributed by atoms with Crippen LogP contribution in [0.15, 0.2) is 77.5 Å². The number of pyridine rings is 1. The molecule has 204 valence electrons. The van der Waals surface area contributed by atoms with E-state index in [0.717, 1.165) is 45.0 Å². The average Bonchev–Trinajstić information content (AvgIpc) is 2.88. The number of aryl methyl sites for hydroxylation is 3. The lowest BCUT2D eigenvalue weighted by Gasteiger charge is -2.44. The largest absolute Gasteiger partial charge is 0.489 e. The minimum absolute atomic E-state index is 0.0416. The fraction of sp³-hybridized carbons (Fsp3) is 0.303. The topological polar surface area (TPSA) is 92.2 Å². The van der Waals surface area contributed by atoms with Crippen molar-refractivity contribution in [3.05, 3.63) is 110 Å². The minimum Gasteiger partial charge on any atom is -0.489 e. The first-order valence-corrected chi connectivity index (χ1v) is 13.7. The third-order valence-electron chi connectivity index (χ3n) is 7.84. The lowest BCUT2D eigenvalue weighted by Crippen LogP contribution is -2.42. The average molecular weight is 553 g/mol. The number of nitriles is 1. The van der Waals surface area contributed by atoms with Crippen molar-refractivity contribution < 1.29 is 9.53 Å². The van der Waals surface area contributed by atoms with Crippen molar-refractivity contribution >= 4 is 23.1 Å². The van der Waals surface area contributed by atoms with Gasteiger partial charge in [0.1, 0.15) is 18.2 Å². The summed E-state index contributed by atoms with van der Waals surface area (Å²) < 4.78 is 6.19. The lowest BCUT2D eigenvalue weighted by molar-refractivity contribution is -0.118. The molecule has 1 aliphatic carbocycles. The van der Waals surface area contributed by atoms with Gasteiger partial charge in [0.05, 0.1) is 29.4 Å². The van der Waals surface area contributed by atoms with Crippen molar-refractivity contribution in [2.45, 2.75) is 60.0 Å². The molecule has 0 spiro atoms. The quantitative estimate of drug-likeness (QED) is 0.360. The molecular weight excluding hydrogens is 520 g/mol. The second kappa shape index (κ2) is 10.5. The van der Waals surface area contributed by atoms with E-state index in [1.165, 1.54) is 0 Å². The Balaban J connectivity index is 1.65. The molecule has 0 saturated carbocycles. The predicted molar refractivity (Wildman–Crippen MR) is 158 cm³/mol. The molecule has 0 fully saturated rings. The second-order valence-corrected chi connectivity index (χ2v) is 12.0. The van der Waals surface area contributed by atoms with Gasteiger partial charge >= 0.3 is 0 Å². The number of hydrogen-bond donors (Lipinski definition) is 1. The van der Waals surface area contributed by atoms with Crippen LogP contribution < -0.4 is 15.4 Å². The molecule has 1 atom stereocenters. The molecule has 2 heterocycles. The summed E-state index contributed by atoms with van der Waals surface area (Å²) in [6.07, 6.45) is 4.45. The van der Waals surface area contributed by atoms with Crippen molar-refractivity contribution in [3.8, 4) is 11.8 Å². The highest BCUT2D eigenvalue weighted by molar-refractivity contribution is 6.30. The van der Waals surface area contributed by atoms with Gasteiger partial charge in [-0.25, -0.2) is 0 Å². The maximum absolute atomic E-state index is 13.9. The normalized spacial score (nSPS) is 18.5. The molecule has 5 rings (SSSR count). The number of carbonyl (C=O) groups excluding carboxylic acids is 1. The molecule has 7 heteroatoms. The monoisotopic (exact) mass is 552 g/mol. The molecule has 0 amide bonds. The molecule has 1 aromatic heterocycles. The highest BCUT2D eigenvalue weighted by Crippen LogP contribution is 2.50. The summed E-state index contributed by atoms with van der Waals surface area (Å²) in [5.74, 6) is 0.569. The maximum atomic E-state index is 13.9. The van der Waals surface area contributed by atoms with Crippen LogP contribution in [0.3, 0.4) is 0 Å². The molecular formula is C33H33ClN4O2. The summed E-state index contributed by atoms with van der Waals surface area (Å²) in [4.78, 5) is 20.0. The van der Waals surface area contributed by atoms with Crippen molar-refractivity contribution in [2.24, 2.45) is 11.1 Å². The molecule has 3 aromatic rings. The summed E-state index contributed by atoms with van der Waals surface area (Å²) in [7, 11) is 0. The first kappa shape index (κ1) is 27.5. The smallest absolute Gasteiger partial charge is 0.162 e. The molecule has 40 heavy (non-hydrogen) atoms. The van der Waals surface area contributed by atoms with Gasteiger partial charge in [-0.1, -0.05) is 37.6 Å². The Labute approximate surface area is 240 Å². The number of carbonyl (C=O) groups is 1. The zero-order valence-electron chi connectivity index (χ0n) is 23.5. The van der Waals surface area contributed by atoms with Crippen LogP contribution in [0, 0.1) is 37.5 Å². The van der Waals surface area contributed by atoms with Crippen molar-refractivity contribution in [3.63, 3.8) is 0 Å². The minimum atomic E-state index is -0.562. The first-order valence-electron chi connectivity index (χ1n) is 13.4. The molecule has 2 N–H and O–H groups in total. The van der Waals surface area contributed by atoms with E-state index in [0.29, 0.717) is 41.4 Å². The second-order valence-electron chi connectivity index (χ2n) is 11.5. The number of ketones is 1. The number of anilines is 1. The number of nitrogens with two attached hydrogens (primary N) is 1. The molecule has 6 nitrogen and oxygen atoms in total. The van der Waals surface area contributed by atoms with Crippen LogP contribution in [0.25, 0.3) is 0 Å². The Morgan fingerprint density at radius 2 is 1.90 bits per heavy atom. The van der Waals surface area contributed by atoms with Crippen LogP contribution in [0.5, 0.6) is 5.75 Å². The Morgan fingerprint density at radius 3 is 2.58 bits per heavy atom. The highest BCUT2D eigenvalue weighted by atomic mass is 35.5. The lowest BCUT2D eigenvalue weighted by atomic mass is 9.68. The number of allylic oxidation sites excluding steroid dienone is 3. The van der Waals surface area contributed by atoms with Crippen LogP contribution >= 0.6 is 11.6 Å². The predicted octanol–water partition coefficient (Wildman–Crippen LogP) is 7.18. The van der Waals surface area contributed by atoms with Gasteiger partial charge in [0.15, 0.2) is 5.78 Å². The van der Waals surface area contributed by atoms with Gasteiger partial charge in [-0.15, -0.1) is 0 Å². The zero-order valence-corrected chi connectivity index (χ0v) is 24.3. The number of halogens is 1. The van der Waals surface area contributed by atoms with Gasteiger partial charge in [0, 0.05) is 28.9 Å². The van der Waals surface area contributed by atoms with Gasteiger partial charge < -0.3 is 10.5 Å². The van der Waals surface area contributed by atoms with Crippen LogP contribution in [0.1, 0.15) is 60.4 Å². The maximum Gasteiger partial charge on any atom is 0.162 e. The molecule has 0 radical (unpaired) electrons. The summed E-state index contributed by atoms with van der Waals surface area (Å²) in [6, 6.07) is 15.8. The number of nitrogens with zero attached hydrogens (tertiary/aromatic N) is 3. The molecule has 1 unspecified atom stereocenters. The summed E-state index contributed by atoms with van der Waals surface area (Å²) >= 11 is 6.12. The van der Waals surface area contributed by atoms with Gasteiger partial charge in [-0.3, -0.25) is 14.7 Å². The van der Waals surface area contributed by atoms with Crippen LogP contribution in [0.4, 0.5) is 5.69 Å². The third kappa shape index (κ3) is 4.98. The van der Waals surface area contributed by atoms with E-state index in [9.17, 15) is 10.1 Å². The van der Waals surface area contributed by atoms with E-state index in [2.05, 4.69) is 37.0 Å². The van der Waals surface area contributed by atoms with Gasteiger partial charge in [0.25, 0.3) is 0 Å². The molecule has 2 aromatic carbocycles. The fourth-order valence-electron chi connectivity index (χ4n) is 5.91. The first-order chi connectivity index (χ1) is 19.0. The van der Waals surface area contributed by atoms with E-state index in [4.69, 9.17) is 22.1 Å². The summed E-state index contributed by atoms with van der Waals surface area (Å²) in [5, 5.41) is 11.1. The number of Topliss-reactive ketones (excluding diaryl/α,β-unsaturated/α-hetero) is 1. The van der Waals surface area contributed by atoms with Gasteiger partial charge in [-0.2, -0.15) is 5.26 Å². The SMILES string of the molecule is Cc1cc(C)c(C2C(C#N)=C(N)N(c3cccnc3)C3=C2C(=O)CC(C)(C)C3)cc1COc1ccc(Cl)cc1C. The number of hydrogen-bond acceptors (Lipinski definition) is 6. The van der Waals surface area contributed by atoms with Crippen LogP contribution in [0.2, 0.25) is 5.02 Å². The molecule has 0 bridgehead atoms. The van der Waals surface area contributed by atoms with Gasteiger partial charge in [0.2, 0.25) is 0 Å². The number of rotatable bonds is 5. The Hall–Kier alpha value is -4.08. The standard InChI is InChI=1S/C33H33ClN4O2/c1-19-11-20(2)25(13-22(19)18-40-29-9-8-23(34)12-21(29)3)30-26(16-35)32(36)38(24-7-6-10-37-17-24)27-14-33(4,5)15-28(39)31(27)30/h6-13,17,30H,14-15,18,36H2,1-5H3. The highest BCUT2D eigenvalue weighted by Gasteiger charge is 2.45. The van der Waals surface area contributed by atoms with Crippen molar-refractivity contribution in [1.29, 1.82) is 5.26 Å². The summed E-state index contributed by atoms with van der Waals surface area (Å²) in [6.45, 7) is 10.5. The van der Waals surface area contributed by atoms with Crippen molar-refractivity contribution in [1.82, 2.24) is 4.98 Å². The van der Waals surface area contributed by atoms with E-state index < -0.39 is 5.92 Å². The van der Waals surface area contributed by atoms with Crippen LogP contribution in [-0.2, 0) is 11.4 Å². The van der Waals surface area contributed by atoms with Gasteiger partial charge in [-0.05, 0) is 90.8 Å². The van der Waals surface area contributed by atoms with Crippen molar-refractivity contribution in [2.75, 3.05) is 4.90 Å². The molecule has 0 saturated heterocycles. The third-order valence-corrected chi connectivity index (χ3v) is 8.08. The number of ether oxygens (including phenoxy) is 1. The summed E-state index contributed by atoms with van der Waals surface area (Å²) in [5.41, 5.74) is 14.0. The van der Waals surface area contributed by atoms with Crippen LogP contribution in [-0.4, -0.2) is 10.8 Å². The van der Waals surface area contributed by atoms with E-state index >= 15 is 0 Å². The Kier molecular flexibility index (Phi) is 7.20. The number of benzene rings is 2. The molecule has 1 aliphatic heterocycles. The fourth-order valence-corrected chi connectivity index (χ4v) is 6.14. The van der Waals surface area contributed by atoms with E-state index in [1.54, 1.807) is 12.4 Å². The zero-order chi connectivity index (χ0) is 28.8. The van der Waals surface area contributed by atoms with E-state index in [1.807, 2.05) is 56.0 Å². The Bertz CT molecular complexity index is 1620. The molecule has 2 aliphatic rings. The van der Waals surface area contributed by atoms with E-state index in [-0.39, 0.29) is 11.2 Å². The number of aromatic nitrogens is 1. The Morgan fingerprint density at radius 1 is 1.12 bits per heavy atom.